The summed E-state index contributed by atoms with van der Waals surface area (Å²) in [6.07, 6.45) is -5.72. The van der Waals surface area contributed by atoms with Crippen LogP contribution in [0.4, 0.5) is 0 Å². The molecule has 0 aliphatic carbocycles. The quantitative estimate of drug-likeness (QED) is 0.380. The zero-order valence-corrected chi connectivity index (χ0v) is 7.12. The lowest BCUT2D eigenvalue weighted by atomic mass is 10.0. The SMILES string of the molecule is C[C@@H]1O[C@H]([C@H](O)C(N)=O)[C@@H](O)C1O. The number of amides is 1. The third-order valence-corrected chi connectivity index (χ3v) is 2.14. The molecule has 5 N–H and O–H groups in total. The van der Waals surface area contributed by atoms with Crippen molar-refractivity contribution in [2.24, 2.45) is 5.73 Å². The molecular weight excluding hydrogens is 178 g/mol. The smallest absolute Gasteiger partial charge is 0.249 e. The standard InChI is InChI=1S/C7H13NO5/c1-2-3(9)4(10)6(13-2)5(11)7(8)12/h2-6,9-11H,1H3,(H2,8,12)/t2-,3?,4-,5-,6-/m0/s1. The first-order valence-electron chi connectivity index (χ1n) is 3.94. The van der Waals surface area contributed by atoms with Crippen LogP contribution in [0.3, 0.4) is 0 Å². The summed E-state index contributed by atoms with van der Waals surface area (Å²) in [4.78, 5) is 10.5. The van der Waals surface area contributed by atoms with Crippen LogP contribution in [0.5, 0.6) is 0 Å². The molecule has 1 rings (SSSR count). The van der Waals surface area contributed by atoms with Gasteiger partial charge in [0.15, 0.2) is 6.10 Å². The van der Waals surface area contributed by atoms with Crippen molar-refractivity contribution >= 4 is 5.91 Å². The van der Waals surface area contributed by atoms with E-state index in [0.29, 0.717) is 0 Å². The van der Waals surface area contributed by atoms with Crippen LogP contribution in [-0.2, 0) is 9.53 Å². The van der Waals surface area contributed by atoms with E-state index in [1.807, 2.05) is 0 Å². The fraction of sp³-hybridized carbons (Fsp3) is 0.857. The third kappa shape index (κ3) is 1.80. The minimum Gasteiger partial charge on any atom is -0.388 e. The molecule has 1 aliphatic rings. The van der Waals surface area contributed by atoms with Gasteiger partial charge in [0.1, 0.15) is 18.3 Å². The average Bonchev–Trinajstić information content (AvgIpc) is 2.31. The molecule has 1 fully saturated rings. The van der Waals surface area contributed by atoms with Gasteiger partial charge in [-0.05, 0) is 6.92 Å². The Bertz CT molecular complexity index is 209. The largest absolute Gasteiger partial charge is 0.388 e. The fourth-order valence-corrected chi connectivity index (χ4v) is 1.30. The number of aliphatic hydroxyl groups is 3. The maximum absolute atomic E-state index is 10.5. The Hall–Kier alpha value is -0.690. The van der Waals surface area contributed by atoms with Gasteiger partial charge in [0.25, 0.3) is 0 Å². The summed E-state index contributed by atoms with van der Waals surface area (Å²) in [5.74, 6) is -0.981. The summed E-state index contributed by atoms with van der Waals surface area (Å²) in [5, 5.41) is 27.7. The van der Waals surface area contributed by atoms with Gasteiger partial charge >= 0.3 is 0 Å². The van der Waals surface area contributed by atoms with E-state index in [2.05, 4.69) is 0 Å². The highest BCUT2D eigenvalue weighted by atomic mass is 16.6. The molecule has 0 aromatic heterocycles. The van der Waals surface area contributed by atoms with Crippen molar-refractivity contribution in [3.8, 4) is 0 Å². The van der Waals surface area contributed by atoms with Crippen LogP contribution < -0.4 is 5.73 Å². The maximum atomic E-state index is 10.5. The van der Waals surface area contributed by atoms with Crippen molar-refractivity contribution in [3.05, 3.63) is 0 Å². The van der Waals surface area contributed by atoms with Gasteiger partial charge in [-0.3, -0.25) is 4.79 Å². The first-order chi connectivity index (χ1) is 5.95. The lowest BCUT2D eigenvalue weighted by Crippen LogP contribution is -2.45. The molecule has 76 valence electrons. The first-order valence-corrected chi connectivity index (χ1v) is 3.94. The second-order valence-corrected chi connectivity index (χ2v) is 3.13. The van der Waals surface area contributed by atoms with E-state index in [1.54, 1.807) is 0 Å². The van der Waals surface area contributed by atoms with E-state index in [-0.39, 0.29) is 0 Å². The van der Waals surface area contributed by atoms with Crippen LogP contribution >= 0.6 is 0 Å². The number of ether oxygens (including phenoxy) is 1. The van der Waals surface area contributed by atoms with Gasteiger partial charge in [0.05, 0.1) is 6.10 Å². The second-order valence-electron chi connectivity index (χ2n) is 3.13. The van der Waals surface area contributed by atoms with E-state index in [4.69, 9.17) is 15.6 Å². The van der Waals surface area contributed by atoms with Crippen LogP contribution in [0.15, 0.2) is 0 Å². The Morgan fingerprint density at radius 2 is 2.00 bits per heavy atom. The van der Waals surface area contributed by atoms with Gasteiger partial charge in [-0.25, -0.2) is 0 Å². The van der Waals surface area contributed by atoms with E-state index < -0.39 is 36.4 Å². The first kappa shape index (κ1) is 10.4. The lowest BCUT2D eigenvalue weighted by Gasteiger charge is -2.17. The monoisotopic (exact) mass is 191 g/mol. The molecule has 1 saturated heterocycles. The Kier molecular flexibility index (Phi) is 2.87. The molecule has 0 aromatic carbocycles. The molecular formula is C7H13NO5. The third-order valence-electron chi connectivity index (χ3n) is 2.14. The summed E-state index contributed by atoms with van der Waals surface area (Å²) in [5.41, 5.74) is 4.81. The molecule has 0 bridgehead atoms. The van der Waals surface area contributed by atoms with Crippen molar-refractivity contribution in [2.45, 2.75) is 37.4 Å². The molecule has 1 aliphatic heterocycles. The molecule has 0 saturated carbocycles. The maximum Gasteiger partial charge on any atom is 0.249 e. The van der Waals surface area contributed by atoms with E-state index in [0.717, 1.165) is 0 Å². The highest BCUT2D eigenvalue weighted by Crippen LogP contribution is 2.23. The Morgan fingerprint density at radius 1 is 1.46 bits per heavy atom. The minimum atomic E-state index is -1.59. The van der Waals surface area contributed by atoms with Gasteiger partial charge < -0.3 is 25.8 Å². The minimum absolute atomic E-state index is 0.617. The predicted octanol–water partition coefficient (Wildman–Crippen LogP) is -2.66. The summed E-state index contributed by atoms with van der Waals surface area (Å²) in [7, 11) is 0. The summed E-state index contributed by atoms with van der Waals surface area (Å²) in [6, 6.07) is 0. The number of hydrogen-bond donors (Lipinski definition) is 4. The molecule has 1 heterocycles. The molecule has 1 unspecified atom stereocenters. The number of hydrogen-bond acceptors (Lipinski definition) is 5. The van der Waals surface area contributed by atoms with Gasteiger partial charge in [-0.15, -0.1) is 0 Å². The second kappa shape index (κ2) is 3.59. The van der Waals surface area contributed by atoms with Crippen LogP contribution in [-0.4, -0.2) is 51.7 Å². The lowest BCUT2D eigenvalue weighted by molar-refractivity contribution is -0.137. The molecule has 0 spiro atoms. The van der Waals surface area contributed by atoms with Crippen molar-refractivity contribution in [2.75, 3.05) is 0 Å². The highest BCUT2D eigenvalue weighted by Gasteiger charge is 2.45. The van der Waals surface area contributed by atoms with E-state index >= 15 is 0 Å². The number of carbonyl (C=O) groups is 1. The van der Waals surface area contributed by atoms with Crippen LogP contribution in [0, 0.1) is 0 Å². The van der Waals surface area contributed by atoms with Crippen LogP contribution in [0.2, 0.25) is 0 Å². The molecule has 13 heavy (non-hydrogen) atoms. The predicted molar refractivity (Wildman–Crippen MR) is 41.5 cm³/mol. The Morgan fingerprint density at radius 3 is 2.31 bits per heavy atom. The Labute approximate surface area is 74.9 Å². The zero-order valence-electron chi connectivity index (χ0n) is 7.12. The molecule has 6 nitrogen and oxygen atoms in total. The van der Waals surface area contributed by atoms with Gasteiger partial charge in [0.2, 0.25) is 5.91 Å². The van der Waals surface area contributed by atoms with E-state index in [1.165, 1.54) is 6.92 Å². The summed E-state index contributed by atoms with van der Waals surface area (Å²) >= 11 is 0. The fourth-order valence-electron chi connectivity index (χ4n) is 1.30. The van der Waals surface area contributed by atoms with Gasteiger partial charge in [-0.2, -0.15) is 0 Å². The summed E-state index contributed by atoms with van der Waals surface area (Å²) < 4.78 is 4.96. The molecule has 0 radical (unpaired) electrons. The van der Waals surface area contributed by atoms with Crippen LogP contribution in [0.1, 0.15) is 6.92 Å². The normalized spacial score (nSPS) is 41.8. The van der Waals surface area contributed by atoms with Crippen molar-refractivity contribution in [1.29, 1.82) is 0 Å². The van der Waals surface area contributed by atoms with Gasteiger partial charge in [-0.1, -0.05) is 0 Å². The average molecular weight is 191 g/mol. The van der Waals surface area contributed by atoms with Gasteiger partial charge in [0, 0.05) is 0 Å². The number of aliphatic hydroxyl groups excluding tert-OH is 3. The van der Waals surface area contributed by atoms with Crippen molar-refractivity contribution in [3.63, 3.8) is 0 Å². The highest BCUT2D eigenvalue weighted by molar-refractivity contribution is 5.79. The number of carbonyl (C=O) groups excluding carboxylic acids is 1. The number of nitrogens with two attached hydrogens (primary N) is 1. The molecule has 1 amide bonds. The zero-order chi connectivity index (χ0) is 10.2. The molecule has 0 aromatic rings. The van der Waals surface area contributed by atoms with Crippen LogP contribution in [0.25, 0.3) is 0 Å². The number of rotatable bonds is 2. The molecule has 6 heteroatoms. The molecule has 5 atom stereocenters. The summed E-state index contributed by atoms with van der Waals surface area (Å²) in [6.45, 7) is 1.53. The number of primary amides is 1. The Balaban J connectivity index is 2.68. The van der Waals surface area contributed by atoms with Crippen molar-refractivity contribution < 1.29 is 24.9 Å². The van der Waals surface area contributed by atoms with Crippen molar-refractivity contribution in [1.82, 2.24) is 0 Å². The van der Waals surface area contributed by atoms with E-state index in [9.17, 15) is 15.0 Å². The topological polar surface area (TPSA) is 113 Å².